The Balaban J connectivity index is 1.36. The molecule has 0 aliphatic carbocycles. The van der Waals surface area contributed by atoms with Gasteiger partial charge in [-0.2, -0.15) is 0 Å². The van der Waals surface area contributed by atoms with Gasteiger partial charge >= 0.3 is 12.0 Å². The van der Waals surface area contributed by atoms with Crippen molar-refractivity contribution in [1.82, 2.24) is 15.1 Å². The van der Waals surface area contributed by atoms with Gasteiger partial charge in [-0.1, -0.05) is 53.7 Å². The van der Waals surface area contributed by atoms with Crippen LogP contribution in [0.25, 0.3) is 0 Å². The summed E-state index contributed by atoms with van der Waals surface area (Å²) < 4.78 is 11.0. The number of phenolic OH excluding ortho intramolecular Hbond substituents is 1. The van der Waals surface area contributed by atoms with Crippen LogP contribution >= 0.6 is 0 Å². The number of urea groups is 1. The summed E-state index contributed by atoms with van der Waals surface area (Å²) in [5, 5.41) is 14.0. The highest BCUT2D eigenvalue weighted by Crippen LogP contribution is 2.46. The zero-order valence-corrected chi connectivity index (χ0v) is 27.3. The Morgan fingerprint density at radius 2 is 1.55 bits per heavy atom. The van der Waals surface area contributed by atoms with Crippen LogP contribution in [-0.4, -0.2) is 81.8 Å². The normalized spacial score (nSPS) is 23.3. The predicted octanol–water partition coefficient (Wildman–Crippen LogP) is 4.81. The molecule has 9 heteroatoms. The molecule has 3 aliphatic rings. The van der Waals surface area contributed by atoms with E-state index in [1.165, 1.54) is 4.90 Å². The van der Waals surface area contributed by atoms with Crippen LogP contribution in [0.3, 0.4) is 0 Å². The number of carbonyl (C=O) groups excluding carboxylic acids is 3. The van der Waals surface area contributed by atoms with Gasteiger partial charge in [-0.25, -0.2) is 4.79 Å². The second-order valence-corrected chi connectivity index (χ2v) is 15.8. The number of imide groups is 1. The first-order valence-electron chi connectivity index (χ1n) is 15.2. The monoisotopic (exact) mass is 585 g/mol. The van der Waals surface area contributed by atoms with Gasteiger partial charge in [0.2, 0.25) is 0 Å². The van der Waals surface area contributed by atoms with Crippen molar-refractivity contribution >= 4 is 17.9 Å². The van der Waals surface area contributed by atoms with E-state index in [1.54, 1.807) is 0 Å². The molecule has 3 fully saturated rings. The molecule has 0 saturated carbocycles. The zero-order chi connectivity index (χ0) is 31.5. The molecule has 1 spiro atoms. The summed E-state index contributed by atoms with van der Waals surface area (Å²) in [5.74, 6) is -0.333. The van der Waals surface area contributed by atoms with Gasteiger partial charge in [0.05, 0.1) is 19.3 Å². The number of nitrogens with zero attached hydrogens (tertiary/aromatic N) is 2. The fourth-order valence-electron chi connectivity index (χ4n) is 7.09. The topological polar surface area (TPSA) is 112 Å². The Bertz CT molecular complexity index is 1180. The van der Waals surface area contributed by atoms with Gasteiger partial charge in [0.25, 0.3) is 5.91 Å². The van der Waals surface area contributed by atoms with Gasteiger partial charge in [0.1, 0.15) is 17.9 Å². The lowest BCUT2D eigenvalue weighted by Crippen LogP contribution is -2.70. The van der Waals surface area contributed by atoms with E-state index in [-0.39, 0.29) is 53.5 Å². The lowest BCUT2D eigenvalue weighted by atomic mass is 9.69. The van der Waals surface area contributed by atoms with Crippen LogP contribution in [0.5, 0.6) is 5.75 Å². The Hall–Kier alpha value is -2.65. The van der Waals surface area contributed by atoms with Gasteiger partial charge in [0.15, 0.2) is 0 Å². The summed E-state index contributed by atoms with van der Waals surface area (Å²) in [5.41, 5.74) is 0.512. The molecule has 1 aromatic rings. The van der Waals surface area contributed by atoms with Crippen LogP contribution < -0.4 is 5.32 Å². The molecule has 0 bridgehead atoms. The molecule has 2 N–H and O–H groups in total. The average Bonchev–Trinajstić information content (AvgIpc) is 3.62. The first-order chi connectivity index (χ1) is 19.2. The largest absolute Gasteiger partial charge is 0.507 e. The third-order valence-corrected chi connectivity index (χ3v) is 8.95. The second kappa shape index (κ2) is 10.8. The molecule has 1 atom stereocenters. The number of esters is 1. The lowest BCUT2D eigenvalue weighted by molar-refractivity contribution is -0.147. The maximum Gasteiger partial charge on any atom is 0.325 e. The minimum absolute atomic E-state index is 0.0141. The van der Waals surface area contributed by atoms with Crippen molar-refractivity contribution in [2.75, 3.05) is 26.3 Å². The van der Waals surface area contributed by atoms with Crippen molar-refractivity contribution in [1.29, 1.82) is 0 Å². The number of nitrogens with one attached hydrogen (secondary N) is 1. The number of amides is 3. The molecule has 42 heavy (non-hydrogen) atoms. The smallest absolute Gasteiger partial charge is 0.325 e. The highest BCUT2D eigenvalue weighted by atomic mass is 16.6. The average molecular weight is 586 g/mol. The second-order valence-electron chi connectivity index (χ2n) is 15.8. The molecule has 3 saturated heterocycles. The lowest BCUT2D eigenvalue weighted by Gasteiger charge is -2.57. The van der Waals surface area contributed by atoms with E-state index in [9.17, 15) is 19.5 Å². The van der Waals surface area contributed by atoms with Crippen molar-refractivity contribution in [2.45, 2.75) is 128 Å². The molecule has 0 aromatic heterocycles. The Labute approximate surface area is 251 Å². The number of aryl methyl sites for hydroxylation is 1. The SMILES string of the molecule is CC(C)(C)c1cc(CCC(=O)OCCN2C(=O)NC3(CC(C)(C)N(CC4CO4)C(C)(C)C3)C2=O)cc(C(C)(C)C)c1O. The first kappa shape index (κ1) is 32.3. The fraction of sp³-hybridized carbons (Fsp3) is 0.727. The summed E-state index contributed by atoms with van der Waals surface area (Å²) in [6, 6.07) is 3.50. The minimum atomic E-state index is -0.983. The number of aromatic hydroxyl groups is 1. The van der Waals surface area contributed by atoms with E-state index in [4.69, 9.17) is 9.47 Å². The summed E-state index contributed by atoms with van der Waals surface area (Å²) in [4.78, 5) is 43.0. The molecule has 0 radical (unpaired) electrons. The van der Waals surface area contributed by atoms with Crippen LogP contribution in [0.2, 0.25) is 0 Å². The standard InChI is InChI=1S/C33H51N3O6/c1-29(2,3)23-15-21(16-24(26(23)38)30(4,5)6)11-12-25(37)41-14-13-35-27(39)33(34-28(35)40)19-31(7,8)36(17-22-18-42-22)32(9,10)20-33/h15-16,22,38H,11-14,17-20H2,1-10H3,(H,34,40). The van der Waals surface area contributed by atoms with Crippen LogP contribution in [-0.2, 0) is 36.3 Å². The van der Waals surface area contributed by atoms with E-state index in [0.29, 0.717) is 25.0 Å². The third kappa shape index (κ3) is 6.62. The van der Waals surface area contributed by atoms with Crippen LogP contribution in [0.1, 0.15) is 105 Å². The third-order valence-electron chi connectivity index (χ3n) is 8.95. The minimum Gasteiger partial charge on any atom is -0.507 e. The van der Waals surface area contributed by atoms with Crippen LogP contribution in [0, 0.1) is 0 Å². The van der Waals surface area contributed by atoms with Gasteiger partial charge in [-0.15, -0.1) is 0 Å². The number of hydrogen-bond acceptors (Lipinski definition) is 7. The fourth-order valence-corrected chi connectivity index (χ4v) is 7.09. The number of likely N-dealkylation sites (tertiary alicyclic amines) is 1. The number of ether oxygens (including phenoxy) is 2. The number of piperidine rings is 1. The number of benzene rings is 1. The van der Waals surface area contributed by atoms with E-state index in [2.05, 4.69) is 79.5 Å². The van der Waals surface area contributed by atoms with Crippen molar-refractivity contribution in [2.24, 2.45) is 0 Å². The maximum absolute atomic E-state index is 13.7. The van der Waals surface area contributed by atoms with Crippen LogP contribution in [0.4, 0.5) is 4.79 Å². The molecular weight excluding hydrogens is 534 g/mol. The Morgan fingerprint density at radius 3 is 2.02 bits per heavy atom. The van der Waals surface area contributed by atoms with Gasteiger partial charge < -0.3 is 19.9 Å². The molecule has 1 unspecified atom stereocenters. The Kier molecular flexibility index (Phi) is 8.30. The number of carbonyl (C=O) groups is 3. The quantitative estimate of drug-likeness (QED) is 0.256. The first-order valence-corrected chi connectivity index (χ1v) is 15.2. The molecule has 4 rings (SSSR count). The van der Waals surface area contributed by atoms with Gasteiger partial charge in [-0.3, -0.25) is 19.4 Å². The Morgan fingerprint density at radius 1 is 1.02 bits per heavy atom. The zero-order valence-electron chi connectivity index (χ0n) is 27.3. The van der Waals surface area contributed by atoms with Crippen molar-refractivity contribution < 1.29 is 29.0 Å². The predicted molar refractivity (Wildman–Crippen MR) is 162 cm³/mol. The van der Waals surface area contributed by atoms with E-state index < -0.39 is 17.5 Å². The van der Waals surface area contributed by atoms with E-state index in [0.717, 1.165) is 29.8 Å². The summed E-state index contributed by atoms with van der Waals surface area (Å²) >= 11 is 0. The molecule has 1 aromatic carbocycles. The van der Waals surface area contributed by atoms with E-state index >= 15 is 0 Å². The maximum atomic E-state index is 13.7. The van der Waals surface area contributed by atoms with E-state index in [1.807, 2.05) is 12.1 Å². The number of hydrogen-bond donors (Lipinski definition) is 2. The number of epoxide rings is 1. The molecule has 234 valence electrons. The molecule has 3 heterocycles. The highest BCUT2D eigenvalue weighted by Gasteiger charge is 2.61. The molecule has 3 aliphatic heterocycles. The number of rotatable bonds is 8. The van der Waals surface area contributed by atoms with Gasteiger partial charge in [-0.05, 0) is 74.5 Å². The van der Waals surface area contributed by atoms with Crippen molar-refractivity contribution in [3.8, 4) is 5.75 Å². The van der Waals surface area contributed by atoms with Crippen LogP contribution in [0.15, 0.2) is 12.1 Å². The summed E-state index contributed by atoms with van der Waals surface area (Å²) in [6.07, 6.45) is 1.84. The number of phenols is 1. The van der Waals surface area contributed by atoms with Crippen molar-refractivity contribution in [3.05, 3.63) is 28.8 Å². The molecular formula is C33H51N3O6. The molecule has 9 nitrogen and oxygen atoms in total. The summed E-state index contributed by atoms with van der Waals surface area (Å²) in [7, 11) is 0. The highest BCUT2D eigenvalue weighted by molar-refractivity contribution is 6.07. The van der Waals surface area contributed by atoms with Gasteiger partial charge in [0, 0.05) is 24.0 Å². The van der Waals surface area contributed by atoms with Crippen molar-refractivity contribution in [3.63, 3.8) is 0 Å². The summed E-state index contributed by atoms with van der Waals surface area (Å²) in [6.45, 7) is 22.3. The molecule has 3 amide bonds.